The van der Waals surface area contributed by atoms with Crippen LogP contribution in [0.4, 0.5) is 0 Å². The van der Waals surface area contributed by atoms with Gasteiger partial charge < -0.3 is 0 Å². The Labute approximate surface area is 124 Å². The minimum atomic E-state index is -3.59. The van der Waals surface area contributed by atoms with E-state index in [1.54, 1.807) is 18.3 Å². The Kier molecular flexibility index (Phi) is 3.73. The summed E-state index contributed by atoms with van der Waals surface area (Å²) in [6.45, 7) is 0. The summed E-state index contributed by atoms with van der Waals surface area (Å²) in [4.78, 5) is 2.45. The highest BCUT2D eigenvalue weighted by Gasteiger charge is 2.38. The van der Waals surface area contributed by atoms with Gasteiger partial charge in [-0.1, -0.05) is 18.0 Å². The summed E-state index contributed by atoms with van der Waals surface area (Å²) in [6, 6.07) is 6.04. The standard InChI is InChI=1S/C14H17ClN2O2S/c15-13-3-5-14(6-4-13)20(18,19)17-16-9-12-8-10-1-2-11(12)7-10/h3-6,9-12,17H,1-2,7-8H2/b16-9+. The molecule has 2 aliphatic rings. The Morgan fingerprint density at radius 3 is 2.55 bits per heavy atom. The van der Waals surface area contributed by atoms with Crippen LogP contribution in [0.5, 0.6) is 0 Å². The summed E-state index contributed by atoms with van der Waals surface area (Å²) in [5.74, 6) is 1.95. The fourth-order valence-corrected chi connectivity index (χ4v) is 4.26. The van der Waals surface area contributed by atoms with E-state index in [-0.39, 0.29) is 4.90 Å². The molecule has 4 nitrogen and oxygen atoms in total. The Morgan fingerprint density at radius 1 is 1.20 bits per heavy atom. The van der Waals surface area contributed by atoms with Gasteiger partial charge in [-0.3, -0.25) is 0 Å². The highest BCUT2D eigenvalue weighted by Crippen LogP contribution is 2.47. The van der Waals surface area contributed by atoms with Crippen molar-refractivity contribution >= 4 is 27.8 Å². The topological polar surface area (TPSA) is 58.5 Å². The van der Waals surface area contributed by atoms with E-state index in [0.29, 0.717) is 16.9 Å². The lowest BCUT2D eigenvalue weighted by Gasteiger charge is -2.16. The van der Waals surface area contributed by atoms with Crippen LogP contribution in [0.1, 0.15) is 25.7 Å². The molecule has 2 aliphatic carbocycles. The Balaban J connectivity index is 1.64. The van der Waals surface area contributed by atoms with E-state index in [2.05, 4.69) is 9.93 Å². The van der Waals surface area contributed by atoms with Crippen LogP contribution in [-0.4, -0.2) is 14.6 Å². The minimum absolute atomic E-state index is 0.173. The first-order valence-corrected chi connectivity index (χ1v) is 8.71. The van der Waals surface area contributed by atoms with Crippen molar-refractivity contribution in [2.75, 3.05) is 0 Å². The molecule has 0 aromatic heterocycles. The van der Waals surface area contributed by atoms with Gasteiger partial charge in [0, 0.05) is 11.2 Å². The Morgan fingerprint density at radius 2 is 1.95 bits per heavy atom. The molecule has 6 heteroatoms. The zero-order chi connectivity index (χ0) is 14.2. The van der Waals surface area contributed by atoms with E-state index in [1.807, 2.05) is 0 Å². The average Bonchev–Trinajstić information content (AvgIpc) is 3.01. The highest BCUT2D eigenvalue weighted by molar-refractivity contribution is 7.89. The van der Waals surface area contributed by atoms with Crippen molar-refractivity contribution in [2.45, 2.75) is 30.6 Å². The first kappa shape index (κ1) is 13.9. The van der Waals surface area contributed by atoms with E-state index in [9.17, 15) is 8.42 Å². The largest absolute Gasteiger partial charge is 0.276 e. The summed E-state index contributed by atoms with van der Waals surface area (Å²) in [5, 5.41) is 4.46. The lowest BCUT2D eigenvalue weighted by Crippen LogP contribution is -2.20. The van der Waals surface area contributed by atoms with Gasteiger partial charge in [0.15, 0.2) is 0 Å². The van der Waals surface area contributed by atoms with Gasteiger partial charge in [-0.15, -0.1) is 0 Å². The molecule has 3 rings (SSSR count). The Bertz CT molecular complexity index is 613. The first-order valence-electron chi connectivity index (χ1n) is 6.85. The van der Waals surface area contributed by atoms with E-state index in [4.69, 9.17) is 11.6 Å². The first-order chi connectivity index (χ1) is 9.54. The third-order valence-electron chi connectivity index (χ3n) is 4.36. The maximum atomic E-state index is 12.0. The molecule has 3 unspecified atom stereocenters. The molecular formula is C14H17ClN2O2S. The van der Waals surface area contributed by atoms with Gasteiger partial charge in [-0.25, -0.2) is 4.83 Å². The van der Waals surface area contributed by atoms with E-state index >= 15 is 0 Å². The molecule has 2 bridgehead atoms. The smallest absolute Gasteiger partial charge is 0.200 e. The molecule has 2 saturated carbocycles. The van der Waals surface area contributed by atoms with Crippen LogP contribution >= 0.6 is 11.6 Å². The molecule has 108 valence electrons. The summed E-state index contributed by atoms with van der Waals surface area (Å²) < 4.78 is 24.0. The second-order valence-electron chi connectivity index (χ2n) is 5.67. The fourth-order valence-electron chi connectivity index (χ4n) is 3.34. The number of nitrogens with zero attached hydrogens (tertiary/aromatic N) is 1. The van der Waals surface area contributed by atoms with Crippen molar-refractivity contribution in [2.24, 2.45) is 22.9 Å². The van der Waals surface area contributed by atoms with Gasteiger partial charge in [0.1, 0.15) is 0 Å². The number of benzene rings is 1. The van der Waals surface area contributed by atoms with Crippen LogP contribution in [0.3, 0.4) is 0 Å². The van der Waals surface area contributed by atoms with Crippen LogP contribution in [0, 0.1) is 17.8 Å². The van der Waals surface area contributed by atoms with Crippen LogP contribution < -0.4 is 4.83 Å². The summed E-state index contributed by atoms with van der Waals surface area (Å²) in [5.41, 5.74) is 0. The number of rotatable bonds is 4. The number of hydrogen-bond donors (Lipinski definition) is 1. The molecule has 20 heavy (non-hydrogen) atoms. The van der Waals surface area contributed by atoms with Gasteiger partial charge in [0.25, 0.3) is 10.0 Å². The number of hydrazone groups is 1. The average molecular weight is 313 g/mol. The maximum absolute atomic E-state index is 12.0. The summed E-state index contributed by atoms with van der Waals surface area (Å²) in [6.07, 6.45) is 6.78. The molecule has 3 atom stereocenters. The fraction of sp³-hybridized carbons (Fsp3) is 0.500. The minimum Gasteiger partial charge on any atom is -0.200 e. The van der Waals surface area contributed by atoms with E-state index < -0.39 is 10.0 Å². The lowest BCUT2D eigenvalue weighted by atomic mass is 9.90. The number of sulfonamides is 1. The van der Waals surface area contributed by atoms with Gasteiger partial charge >= 0.3 is 0 Å². The normalized spacial score (nSPS) is 29.1. The number of halogens is 1. The molecule has 0 aliphatic heterocycles. The molecule has 1 aromatic carbocycles. The third kappa shape index (κ3) is 2.83. The number of nitrogens with one attached hydrogen (secondary N) is 1. The molecule has 0 heterocycles. The zero-order valence-electron chi connectivity index (χ0n) is 11.0. The van der Waals surface area contributed by atoms with Gasteiger partial charge in [0.05, 0.1) is 4.90 Å². The molecule has 0 saturated heterocycles. The van der Waals surface area contributed by atoms with Crippen molar-refractivity contribution < 1.29 is 8.42 Å². The maximum Gasteiger partial charge on any atom is 0.276 e. The molecule has 0 amide bonds. The van der Waals surface area contributed by atoms with Crippen LogP contribution in [-0.2, 0) is 10.0 Å². The van der Waals surface area contributed by atoms with Gasteiger partial charge in [-0.2, -0.15) is 13.5 Å². The second-order valence-corrected chi connectivity index (χ2v) is 7.76. The number of fused-ring (bicyclic) bond motifs is 2. The van der Waals surface area contributed by atoms with E-state index in [0.717, 1.165) is 12.3 Å². The zero-order valence-corrected chi connectivity index (χ0v) is 12.6. The van der Waals surface area contributed by atoms with Crippen molar-refractivity contribution in [1.82, 2.24) is 4.83 Å². The monoisotopic (exact) mass is 312 g/mol. The van der Waals surface area contributed by atoms with Crippen molar-refractivity contribution in [3.05, 3.63) is 29.3 Å². The highest BCUT2D eigenvalue weighted by atomic mass is 35.5. The van der Waals surface area contributed by atoms with Crippen LogP contribution in [0.2, 0.25) is 5.02 Å². The van der Waals surface area contributed by atoms with Crippen molar-refractivity contribution in [3.63, 3.8) is 0 Å². The van der Waals surface area contributed by atoms with E-state index in [1.165, 1.54) is 31.4 Å². The predicted octanol–water partition coefficient (Wildman–Crippen LogP) is 3.04. The molecule has 0 radical (unpaired) electrons. The van der Waals surface area contributed by atoms with Crippen molar-refractivity contribution in [1.29, 1.82) is 0 Å². The molecular weight excluding hydrogens is 296 g/mol. The van der Waals surface area contributed by atoms with Gasteiger partial charge in [-0.05, 0) is 61.3 Å². The molecule has 2 fully saturated rings. The Hall–Kier alpha value is -1.07. The molecule has 0 spiro atoms. The summed E-state index contributed by atoms with van der Waals surface area (Å²) >= 11 is 5.74. The van der Waals surface area contributed by atoms with Gasteiger partial charge in [0.2, 0.25) is 0 Å². The van der Waals surface area contributed by atoms with Crippen LogP contribution in [0.25, 0.3) is 0 Å². The molecule has 1 N–H and O–H groups in total. The third-order valence-corrected chi connectivity index (χ3v) is 5.85. The second kappa shape index (κ2) is 5.37. The SMILES string of the molecule is O=S(=O)(N/N=C/C1CC2CCC1C2)c1ccc(Cl)cc1. The lowest BCUT2D eigenvalue weighted by molar-refractivity contribution is 0.420. The van der Waals surface area contributed by atoms with Crippen LogP contribution in [0.15, 0.2) is 34.3 Å². The van der Waals surface area contributed by atoms with Crippen molar-refractivity contribution in [3.8, 4) is 0 Å². The quantitative estimate of drug-likeness (QED) is 0.686. The number of hydrogen-bond acceptors (Lipinski definition) is 3. The molecule has 1 aromatic rings. The summed E-state index contributed by atoms with van der Waals surface area (Å²) in [7, 11) is -3.59. The predicted molar refractivity (Wildman–Crippen MR) is 79.2 cm³/mol.